The Morgan fingerprint density at radius 3 is 2.78 bits per heavy atom. The number of primary amides is 1. The van der Waals surface area contributed by atoms with Crippen molar-refractivity contribution >= 4 is 16.9 Å². The van der Waals surface area contributed by atoms with Crippen LogP contribution >= 0.6 is 0 Å². The highest BCUT2D eigenvalue weighted by Crippen LogP contribution is 2.33. The SMILES string of the molecule is Cc1ncnc2[nH]cc(C(O)c3c(F)ccc(C(N)=O)c3F)c12. The number of carbonyl (C=O) groups excluding carboxylic acids is 1. The van der Waals surface area contributed by atoms with Gasteiger partial charge in [-0.3, -0.25) is 4.79 Å². The first-order chi connectivity index (χ1) is 10.9. The van der Waals surface area contributed by atoms with Gasteiger partial charge in [-0.05, 0) is 19.1 Å². The Morgan fingerprint density at radius 2 is 2.09 bits per heavy atom. The molecule has 0 saturated carbocycles. The number of halogens is 2. The number of aliphatic hydroxyl groups excluding tert-OH is 1. The number of benzene rings is 1. The Bertz CT molecular complexity index is 923. The minimum Gasteiger partial charge on any atom is -0.383 e. The standard InChI is InChI=1S/C15H12F2N4O2/c1-6-10-8(4-19-15(10)21-5-20-6)13(22)11-9(16)3-2-7(12(11)17)14(18)23/h2-5,13,22H,1H3,(H2,18,23)(H,19,20,21). The number of nitrogens with one attached hydrogen (secondary N) is 1. The molecule has 1 unspecified atom stereocenters. The molecule has 0 spiro atoms. The first kappa shape index (κ1) is 15.0. The van der Waals surface area contributed by atoms with Crippen molar-refractivity contribution in [2.75, 3.05) is 0 Å². The number of amides is 1. The van der Waals surface area contributed by atoms with Gasteiger partial charge in [0.05, 0.1) is 16.8 Å². The van der Waals surface area contributed by atoms with Crippen molar-refractivity contribution in [1.29, 1.82) is 0 Å². The van der Waals surface area contributed by atoms with Gasteiger partial charge in [0.15, 0.2) is 0 Å². The van der Waals surface area contributed by atoms with E-state index in [0.717, 1.165) is 12.1 Å². The Hall–Kier alpha value is -2.87. The Balaban J connectivity index is 2.22. The van der Waals surface area contributed by atoms with Gasteiger partial charge in [0, 0.05) is 17.1 Å². The van der Waals surface area contributed by atoms with Gasteiger partial charge in [-0.1, -0.05) is 0 Å². The van der Waals surface area contributed by atoms with Crippen LogP contribution in [0.1, 0.15) is 33.3 Å². The van der Waals surface area contributed by atoms with Gasteiger partial charge >= 0.3 is 0 Å². The van der Waals surface area contributed by atoms with Gasteiger partial charge in [-0.25, -0.2) is 18.7 Å². The normalized spacial score (nSPS) is 12.5. The zero-order chi connectivity index (χ0) is 16.7. The molecule has 1 atom stereocenters. The number of aromatic amines is 1. The van der Waals surface area contributed by atoms with Crippen LogP contribution in [-0.4, -0.2) is 26.0 Å². The predicted octanol–water partition coefficient (Wildman–Crippen LogP) is 1.73. The summed E-state index contributed by atoms with van der Waals surface area (Å²) in [7, 11) is 0. The highest BCUT2D eigenvalue weighted by atomic mass is 19.1. The second kappa shape index (κ2) is 5.40. The first-order valence-electron chi connectivity index (χ1n) is 6.66. The summed E-state index contributed by atoms with van der Waals surface area (Å²) < 4.78 is 28.4. The summed E-state index contributed by atoms with van der Waals surface area (Å²) in [6.45, 7) is 1.68. The number of rotatable bonds is 3. The minimum absolute atomic E-state index is 0.206. The van der Waals surface area contributed by atoms with Crippen LogP contribution in [0.15, 0.2) is 24.7 Å². The summed E-state index contributed by atoms with van der Waals surface area (Å²) in [6, 6.07) is 1.83. The lowest BCUT2D eigenvalue weighted by atomic mass is 9.97. The van der Waals surface area contributed by atoms with Crippen molar-refractivity contribution in [2.24, 2.45) is 5.73 Å². The summed E-state index contributed by atoms with van der Waals surface area (Å²) in [5.74, 6) is -3.22. The van der Waals surface area contributed by atoms with E-state index in [0.29, 0.717) is 16.7 Å². The molecule has 0 aliphatic carbocycles. The van der Waals surface area contributed by atoms with Crippen molar-refractivity contribution in [2.45, 2.75) is 13.0 Å². The third-order valence-corrected chi connectivity index (χ3v) is 3.65. The van der Waals surface area contributed by atoms with Gasteiger partial charge in [0.25, 0.3) is 5.91 Å². The third-order valence-electron chi connectivity index (χ3n) is 3.65. The van der Waals surface area contributed by atoms with E-state index in [2.05, 4.69) is 15.0 Å². The zero-order valence-electron chi connectivity index (χ0n) is 12.0. The predicted molar refractivity (Wildman–Crippen MR) is 77.6 cm³/mol. The summed E-state index contributed by atoms with van der Waals surface area (Å²) in [6.07, 6.45) is 1.08. The van der Waals surface area contributed by atoms with Gasteiger partial charge < -0.3 is 15.8 Å². The maximum Gasteiger partial charge on any atom is 0.251 e. The largest absolute Gasteiger partial charge is 0.383 e. The van der Waals surface area contributed by atoms with Crippen LogP contribution in [0.2, 0.25) is 0 Å². The van der Waals surface area contributed by atoms with Crippen LogP contribution in [0.4, 0.5) is 8.78 Å². The van der Waals surface area contributed by atoms with Crippen molar-refractivity contribution in [3.63, 3.8) is 0 Å². The number of aliphatic hydroxyl groups is 1. The van der Waals surface area contributed by atoms with Crippen LogP contribution in [0.5, 0.6) is 0 Å². The maximum absolute atomic E-state index is 14.4. The zero-order valence-corrected chi connectivity index (χ0v) is 12.0. The molecule has 4 N–H and O–H groups in total. The third kappa shape index (κ3) is 2.33. The van der Waals surface area contributed by atoms with Gasteiger partial charge in [0.2, 0.25) is 0 Å². The molecule has 1 amide bonds. The average molecular weight is 318 g/mol. The number of aryl methyl sites for hydroxylation is 1. The number of fused-ring (bicyclic) bond motifs is 1. The van der Waals surface area contributed by atoms with Crippen molar-refractivity contribution in [3.05, 3.63) is 58.7 Å². The molecule has 2 heterocycles. The van der Waals surface area contributed by atoms with Gasteiger partial charge in [-0.15, -0.1) is 0 Å². The Kier molecular flexibility index (Phi) is 3.53. The molecule has 0 fully saturated rings. The van der Waals surface area contributed by atoms with Crippen LogP contribution in [-0.2, 0) is 0 Å². The van der Waals surface area contributed by atoms with Crippen LogP contribution in [0.3, 0.4) is 0 Å². The highest BCUT2D eigenvalue weighted by Gasteiger charge is 2.26. The number of aromatic nitrogens is 3. The number of nitrogens with zero attached hydrogens (tertiary/aromatic N) is 2. The van der Waals surface area contributed by atoms with Crippen LogP contribution < -0.4 is 5.73 Å². The molecule has 0 radical (unpaired) electrons. The molecule has 8 heteroatoms. The summed E-state index contributed by atoms with van der Waals surface area (Å²) >= 11 is 0. The monoisotopic (exact) mass is 318 g/mol. The highest BCUT2D eigenvalue weighted by molar-refractivity contribution is 5.93. The molecule has 1 aromatic carbocycles. The van der Waals surface area contributed by atoms with Crippen molar-refractivity contribution in [1.82, 2.24) is 15.0 Å². The molecule has 118 valence electrons. The van der Waals surface area contributed by atoms with E-state index in [-0.39, 0.29) is 5.56 Å². The van der Waals surface area contributed by atoms with Crippen molar-refractivity contribution in [3.8, 4) is 0 Å². The fraction of sp³-hybridized carbons (Fsp3) is 0.133. The van der Waals surface area contributed by atoms with E-state index < -0.39 is 34.8 Å². The molecule has 0 bridgehead atoms. The van der Waals surface area contributed by atoms with Crippen LogP contribution in [0.25, 0.3) is 11.0 Å². The molecule has 0 saturated heterocycles. The van der Waals surface area contributed by atoms with E-state index in [1.54, 1.807) is 6.92 Å². The van der Waals surface area contributed by atoms with E-state index in [1.807, 2.05) is 0 Å². The summed E-state index contributed by atoms with van der Waals surface area (Å²) in [5.41, 5.74) is 5.09. The molecule has 2 aromatic heterocycles. The van der Waals surface area contributed by atoms with Gasteiger partial charge in [0.1, 0.15) is 29.7 Å². The van der Waals surface area contributed by atoms with E-state index in [9.17, 15) is 18.7 Å². The van der Waals surface area contributed by atoms with Gasteiger partial charge in [-0.2, -0.15) is 0 Å². The maximum atomic E-state index is 14.4. The summed E-state index contributed by atoms with van der Waals surface area (Å²) in [4.78, 5) is 22.0. The fourth-order valence-electron chi connectivity index (χ4n) is 2.53. The number of hydrogen-bond acceptors (Lipinski definition) is 4. The minimum atomic E-state index is -1.65. The molecule has 0 aliphatic heterocycles. The topological polar surface area (TPSA) is 105 Å². The summed E-state index contributed by atoms with van der Waals surface area (Å²) in [5, 5.41) is 10.9. The number of hydrogen-bond donors (Lipinski definition) is 3. The number of H-pyrrole nitrogens is 1. The molecule has 3 aromatic rings. The Morgan fingerprint density at radius 1 is 1.35 bits per heavy atom. The first-order valence-corrected chi connectivity index (χ1v) is 6.66. The smallest absolute Gasteiger partial charge is 0.251 e. The molecule has 23 heavy (non-hydrogen) atoms. The number of carbonyl (C=O) groups is 1. The second-order valence-corrected chi connectivity index (χ2v) is 5.02. The molecule has 6 nitrogen and oxygen atoms in total. The van der Waals surface area contributed by atoms with Crippen molar-refractivity contribution < 1.29 is 18.7 Å². The lowest BCUT2D eigenvalue weighted by Crippen LogP contribution is -2.16. The molecular weight excluding hydrogens is 306 g/mol. The Labute approximate surface area is 129 Å². The number of nitrogens with two attached hydrogens (primary N) is 1. The van der Waals surface area contributed by atoms with E-state index in [4.69, 9.17) is 5.73 Å². The molecule has 3 rings (SSSR count). The molecule has 0 aliphatic rings. The quantitative estimate of drug-likeness (QED) is 0.684. The lowest BCUT2D eigenvalue weighted by molar-refractivity contribution is 0.0995. The average Bonchev–Trinajstić information content (AvgIpc) is 2.92. The second-order valence-electron chi connectivity index (χ2n) is 5.02. The molecular formula is C15H12F2N4O2. The van der Waals surface area contributed by atoms with Crippen LogP contribution in [0, 0.1) is 18.6 Å². The lowest BCUT2D eigenvalue weighted by Gasteiger charge is -2.14. The van der Waals surface area contributed by atoms with E-state index >= 15 is 0 Å². The van der Waals surface area contributed by atoms with E-state index in [1.165, 1.54) is 12.5 Å². The fourth-order valence-corrected chi connectivity index (χ4v) is 2.53.